The molecule has 0 atom stereocenters. The van der Waals surface area contributed by atoms with E-state index in [2.05, 4.69) is 41.7 Å². The van der Waals surface area contributed by atoms with Gasteiger partial charge >= 0.3 is 0 Å². The molecule has 8 heteroatoms. The second-order valence-electron chi connectivity index (χ2n) is 3.99. The van der Waals surface area contributed by atoms with Gasteiger partial charge < -0.3 is 5.32 Å². The van der Waals surface area contributed by atoms with Crippen molar-refractivity contribution in [2.75, 3.05) is 11.9 Å². The van der Waals surface area contributed by atoms with E-state index in [1.807, 2.05) is 6.07 Å². The first kappa shape index (κ1) is 14.2. The summed E-state index contributed by atoms with van der Waals surface area (Å²) in [6.45, 7) is 1.57. The van der Waals surface area contributed by atoms with E-state index >= 15 is 0 Å². The van der Waals surface area contributed by atoms with Crippen molar-refractivity contribution >= 4 is 33.7 Å². The normalized spacial score (nSPS) is 10.1. The van der Waals surface area contributed by atoms with E-state index in [1.165, 1.54) is 0 Å². The molecule has 2 amide bonds. The van der Waals surface area contributed by atoms with E-state index in [1.54, 1.807) is 25.1 Å². The van der Waals surface area contributed by atoms with Crippen LogP contribution in [0.1, 0.15) is 16.2 Å². The average Bonchev–Trinajstić information content (AvgIpc) is 2.81. The number of carbonyl (C=O) groups excluding carboxylic acids is 2. The van der Waals surface area contributed by atoms with Gasteiger partial charge in [-0.05, 0) is 25.1 Å². The minimum atomic E-state index is -0.396. The van der Waals surface area contributed by atoms with Crippen molar-refractivity contribution in [2.24, 2.45) is 0 Å². The summed E-state index contributed by atoms with van der Waals surface area (Å²) in [6.07, 6.45) is 0. The van der Waals surface area contributed by atoms with Crippen molar-refractivity contribution in [2.45, 2.75) is 6.92 Å². The number of hydrogen-bond acceptors (Lipinski definition) is 4. The molecule has 0 saturated heterocycles. The number of carbonyl (C=O) groups is 2. The Labute approximate surface area is 123 Å². The van der Waals surface area contributed by atoms with Crippen LogP contribution >= 0.6 is 15.9 Å². The second kappa shape index (κ2) is 6.29. The number of hydrogen-bond donors (Lipinski definition) is 3. The lowest BCUT2D eigenvalue weighted by Crippen LogP contribution is -2.33. The zero-order chi connectivity index (χ0) is 14.5. The van der Waals surface area contributed by atoms with Gasteiger partial charge in [-0.15, -0.1) is 5.10 Å². The highest BCUT2D eigenvalue weighted by Crippen LogP contribution is 2.11. The predicted molar refractivity (Wildman–Crippen MR) is 76.2 cm³/mol. The number of aromatic amines is 1. The standard InChI is InChI=1S/C12H12BrN5O2/c1-7-15-12(18-17-7)16-10(19)6-14-11(20)8-3-2-4-9(13)5-8/h2-5H,6H2,1H3,(H,14,20)(H2,15,16,17,18,19). The van der Waals surface area contributed by atoms with Crippen molar-refractivity contribution in [1.29, 1.82) is 0 Å². The molecule has 0 aliphatic rings. The van der Waals surface area contributed by atoms with Crippen LogP contribution in [-0.4, -0.2) is 33.5 Å². The van der Waals surface area contributed by atoms with Gasteiger partial charge in [-0.2, -0.15) is 4.98 Å². The number of nitrogens with zero attached hydrogens (tertiary/aromatic N) is 2. The predicted octanol–water partition coefficient (Wildman–Crippen LogP) is 1.24. The molecule has 0 unspecified atom stereocenters. The fourth-order valence-corrected chi connectivity index (χ4v) is 1.86. The van der Waals surface area contributed by atoms with E-state index in [4.69, 9.17) is 0 Å². The maximum absolute atomic E-state index is 11.8. The molecule has 20 heavy (non-hydrogen) atoms. The topological polar surface area (TPSA) is 99.8 Å². The highest BCUT2D eigenvalue weighted by atomic mass is 79.9. The van der Waals surface area contributed by atoms with Gasteiger partial charge in [0.15, 0.2) is 0 Å². The van der Waals surface area contributed by atoms with Crippen molar-refractivity contribution in [3.8, 4) is 0 Å². The summed E-state index contributed by atoms with van der Waals surface area (Å²) >= 11 is 3.28. The summed E-state index contributed by atoms with van der Waals surface area (Å²) in [5.74, 6) is 0.0580. The zero-order valence-electron chi connectivity index (χ0n) is 10.6. The molecule has 0 aliphatic heterocycles. The van der Waals surface area contributed by atoms with Crippen LogP contribution < -0.4 is 10.6 Å². The molecule has 104 valence electrons. The van der Waals surface area contributed by atoms with Gasteiger partial charge in [-0.25, -0.2) is 0 Å². The minimum absolute atomic E-state index is 0.154. The number of rotatable bonds is 4. The number of amides is 2. The highest BCUT2D eigenvalue weighted by Gasteiger charge is 2.10. The first-order valence-electron chi connectivity index (χ1n) is 5.77. The molecule has 1 heterocycles. The van der Waals surface area contributed by atoms with Gasteiger partial charge in [0.05, 0.1) is 6.54 Å². The summed E-state index contributed by atoms with van der Waals surface area (Å²) in [6, 6.07) is 6.90. The van der Waals surface area contributed by atoms with Crippen LogP contribution in [0.15, 0.2) is 28.7 Å². The molecule has 0 saturated carbocycles. The van der Waals surface area contributed by atoms with Crippen LogP contribution in [0.2, 0.25) is 0 Å². The van der Waals surface area contributed by atoms with Gasteiger partial charge in [0.25, 0.3) is 5.91 Å². The van der Waals surface area contributed by atoms with Crippen molar-refractivity contribution in [3.05, 3.63) is 40.1 Å². The Hall–Kier alpha value is -2.22. The van der Waals surface area contributed by atoms with E-state index < -0.39 is 5.91 Å². The molecule has 0 radical (unpaired) electrons. The van der Waals surface area contributed by atoms with Crippen LogP contribution in [-0.2, 0) is 4.79 Å². The zero-order valence-corrected chi connectivity index (χ0v) is 12.2. The maximum atomic E-state index is 11.8. The van der Waals surface area contributed by atoms with Crippen molar-refractivity contribution < 1.29 is 9.59 Å². The SMILES string of the molecule is Cc1nc(NC(=O)CNC(=O)c2cccc(Br)c2)n[nH]1. The van der Waals surface area contributed by atoms with Gasteiger partial charge in [0.2, 0.25) is 11.9 Å². The lowest BCUT2D eigenvalue weighted by atomic mass is 10.2. The van der Waals surface area contributed by atoms with Crippen LogP contribution in [0.5, 0.6) is 0 Å². The summed E-state index contributed by atoms with van der Waals surface area (Å²) in [5.41, 5.74) is 0.473. The molecule has 3 N–H and O–H groups in total. The number of aromatic nitrogens is 3. The van der Waals surface area contributed by atoms with Crippen molar-refractivity contribution in [3.63, 3.8) is 0 Å². The Morgan fingerprint density at radius 2 is 2.20 bits per heavy atom. The smallest absolute Gasteiger partial charge is 0.251 e. The van der Waals surface area contributed by atoms with Gasteiger partial charge in [-0.1, -0.05) is 22.0 Å². The summed E-state index contributed by atoms with van der Waals surface area (Å²) in [5, 5.41) is 11.3. The molecular formula is C12H12BrN5O2. The Kier molecular flexibility index (Phi) is 4.46. The van der Waals surface area contributed by atoms with Crippen LogP contribution in [0.25, 0.3) is 0 Å². The number of anilines is 1. The number of halogens is 1. The largest absolute Gasteiger partial charge is 0.343 e. The molecule has 0 fully saturated rings. The van der Waals surface area contributed by atoms with Crippen LogP contribution in [0.3, 0.4) is 0 Å². The summed E-state index contributed by atoms with van der Waals surface area (Å²) in [7, 11) is 0. The quantitative estimate of drug-likeness (QED) is 0.781. The van der Waals surface area contributed by atoms with E-state index in [0.717, 1.165) is 4.47 Å². The lowest BCUT2D eigenvalue weighted by Gasteiger charge is -2.05. The molecule has 0 aliphatic carbocycles. The molecule has 0 bridgehead atoms. The lowest BCUT2D eigenvalue weighted by molar-refractivity contribution is -0.115. The Bertz CT molecular complexity index is 640. The molecule has 2 aromatic rings. The maximum Gasteiger partial charge on any atom is 0.251 e. The van der Waals surface area contributed by atoms with Gasteiger partial charge in [0.1, 0.15) is 5.82 Å². The number of aryl methyl sites for hydroxylation is 1. The Morgan fingerprint density at radius 3 is 2.85 bits per heavy atom. The third-order valence-corrected chi connectivity index (χ3v) is 2.84. The number of nitrogens with one attached hydrogen (secondary N) is 3. The second-order valence-corrected chi connectivity index (χ2v) is 4.90. The minimum Gasteiger partial charge on any atom is -0.343 e. The van der Waals surface area contributed by atoms with Crippen LogP contribution in [0, 0.1) is 6.92 Å². The molecule has 0 spiro atoms. The molecule has 1 aromatic carbocycles. The first-order valence-corrected chi connectivity index (χ1v) is 6.56. The molecular weight excluding hydrogens is 326 g/mol. The summed E-state index contributed by atoms with van der Waals surface area (Å²) in [4.78, 5) is 27.3. The Morgan fingerprint density at radius 1 is 1.40 bits per heavy atom. The monoisotopic (exact) mass is 337 g/mol. The van der Waals surface area contributed by atoms with E-state index in [-0.39, 0.29) is 18.4 Å². The molecule has 1 aromatic heterocycles. The summed E-state index contributed by atoms with van der Waals surface area (Å²) < 4.78 is 0.797. The third-order valence-electron chi connectivity index (χ3n) is 2.34. The fourth-order valence-electron chi connectivity index (χ4n) is 1.46. The highest BCUT2D eigenvalue weighted by molar-refractivity contribution is 9.10. The van der Waals surface area contributed by atoms with Crippen molar-refractivity contribution in [1.82, 2.24) is 20.5 Å². The number of benzene rings is 1. The first-order chi connectivity index (χ1) is 9.54. The van der Waals surface area contributed by atoms with Gasteiger partial charge in [-0.3, -0.25) is 20.0 Å². The molecule has 2 rings (SSSR count). The average molecular weight is 338 g/mol. The van der Waals surface area contributed by atoms with Gasteiger partial charge in [0, 0.05) is 10.0 Å². The van der Waals surface area contributed by atoms with Crippen LogP contribution in [0.4, 0.5) is 5.95 Å². The fraction of sp³-hybridized carbons (Fsp3) is 0.167. The van der Waals surface area contributed by atoms with E-state index in [0.29, 0.717) is 11.4 Å². The number of H-pyrrole nitrogens is 1. The third kappa shape index (κ3) is 3.89. The Balaban J connectivity index is 1.85. The van der Waals surface area contributed by atoms with E-state index in [9.17, 15) is 9.59 Å². The molecule has 7 nitrogen and oxygen atoms in total.